The van der Waals surface area contributed by atoms with E-state index in [2.05, 4.69) is 28.2 Å². The molecule has 0 spiro atoms. The Hall–Kier alpha value is 0.0590. The van der Waals surface area contributed by atoms with Gasteiger partial charge in [-0.1, -0.05) is 0 Å². The van der Waals surface area contributed by atoms with Gasteiger partial charge in [-0.2, -0.15) is 0 Å². The van der Waals surface area contributed by atoms with Gasteiger partial charge >= 0.3 is 63.5 Å². The topological polar surface area (TPSA) is 12.9 Å². The molecule has 0 aliphatic rings. The summed E-state index contributed by atoms with van der Waals surface area (Å²) in [7, 11) is 0. The summed E-state index contributed by atoms with van der Waals surface area (Å²) in [6.45, 7) is 0. The van der Waals surface area contributed by atoms with E-state index in [1.807, 2.05) is 0 Å². The molecule has 1 nitrogen and oxygen atoms in total. The zero-order valence-corrected chi connectivity index (χ0v) is 8.00. The summed E-state index contributed by atoms with van der Waals surface area (Å²) < 4.78 is 5.88. The first-order chi connectivity index (χ1) is 4.47. The van der Waals surface area contributed by atoms with Crippen LogP contribution in [0.1, 0.15) is 0 Å². The first kappa shape index (κ1) is 5.81. The van der Waals surface area contributed by atoms with Crippen LogP contribution >= 0.6 is 0 Å². The first-order valence-electron chi connectivity index (χ1n) is 2.60. The minimum absolute atomic E-state index is 0.566. The van der Waals surface area contributed by atoms with Crippen LogP contribution in [0.2, 0.25) is 0 Å². The molecule has 0 amide bonds. The predicted octanol–water partition coefficient (Wildman–Crippen LogP) is 0.630. The molecule has 0 aliphatic heterocycles. The number of benzene rings is 1. The van der Waals surface area contributed by atoms with Gasteiger partial charge in [-0.25, -0.2) is 0 Å². The van der Waals surface area contributed by atoms with Gasteiger partial charge in [0.2, 0.25) is 0 Å². The molecule has 0 unspecified atom stereocenters. The van der Waals surface area contributed by atoms with E-state index in [0.717, 1.165) is 0 Å². The standard InChI is InChI=1S/C6H4NSe2/c1-2-4-6-5(3-1)7-9-8-6/h1-4H/q+1. The SMILES string of the molecule is c1ccc2[se+][se]nc2c1. The van der Waals surface area contributed by atoms with Crippen molar-refractivity contribution in [2.24, 2.45) is 0 Å². The number of aromatic nitrogens is 1. The van der Waals surface area contributed by atoms with Gasteiger partial charge in [0.25, 0.3) is 0 Å². The van der Waals surface area contributed by atoms with Gasteiger partial charge in [0.1, 0.15) is 0 Å². The average molecular weight is 248 g/mol. The summed E-state index contributed by atoms with van der Waals surface area (Å²) >= 11 is 1.26. The third-order valence-electron chi connectivity index (χ3n) is 1.13. The molecule has 1 aromatic carbocycles. The van der Waals surface area contributed by atoms with Crippen LogP contribution in [0.5, 0.6) is 0 Å². The third kappa shape index (κ3) is 1.02. The van der Waals surface area contributed by atoms with Crippen LogP contribution in [0.25, 0.3) is 9.78 Å². The van der Waals surface area contributed by atoms with Crippen molar-refractivity contribution >= 4 is 35.3 Å². The zero-order valence-electron chi connectivity index (χ0n) is 4.57. The maximum atomic E-state index is 4.39. The molecule has 0 bridgehead atoms. The van der Waals surface area contributed by atoms with Crippen molar-refractivity contribution in [3.63, 3.8) is 0 Å². The number of hydrogen-bond donors (Lipinski definition) is 0. The summed E-state index contributed by atoms with van der Waals surface area (Å²) in [6, 6.07) is 8.44. The van der Waals surface area contributed by atoms with Gasteiger partial charge in [0.05, 0.1) is 0 Å². The second-order valence-electron chi connectivity index (χ2n) is 1.72. The van der Waals surface area contributed by atoms with Crippen molar-refractivity contribution < 1.29 is 0 Å². The fourth-order valence-electron chi connectivity index (χ4n) is 0.702. The molecule has 0 radical (unpaired) electrons. The van der Waals surface area contributed by atoms with Gasteiger partial charge in [0, 0.05) is 0 Å². The van der Waals surface area contributed by atoms with E-state index in [4.69, 9.17) is 0 Å². The third-order valence-corrected chi connectivity index (χ3v) is 6.54. The van der Waals surface area contributed by atoms with Gasteiger partial charge in [-0.15, -0.1) is 0 Å². The minimum atomic E-state index is 0.566. The summed E-state index contributed by atoms with van der Waals surface area (Å²) in [6.07, 6.45) is 0. The summed E-state index contributed by atoms with van der Waals surface area (Å²) in [4.78, 5) is 0. The van der Waals surface area contributed by atoms with Crippen LogP contribution in [-0.2, 0) is 0 Å². The van der Waals surface area contributed by atoms with Crippen molar-refractivity contribution in [2.75, 3.05) is 0 Å². The normalized spacial score (nSPS) is 10.2. The van der Waals surface area contributed by atoms with E-state index < -0.39 is 0 Å². The summed E-state index contributed by atoms with van der Waals surface area (Å²) in [5, 5.41) is 0. The van der Waals surface area contributed by atoms with E-state index in [1.54, 1.807) is 0 Å². The Morgan fingerprint density at radius 1 is 1.33 bits per heavy atom. The molecule has 1 aromatic heterocycles. The molecular formula is C6H4NSe2+. The number of nitrogens with zero attached hydrogens (tertiary/aromatic N) is 1. The quantitative estimate of drug-likeness (QED) is 0.623. The van der Waals surface area contributed by atoms with Gasteiger partial charge in [-0.3, -0.25) is 0 Å². The van der Waals surface area contributed by atoms with Crippen LogP contribution < -0.4 is 0 Å². The van der Waals surface area contributed by atoms with E-state index in [0.29, 0.717) is 25.5 Å². The fraction of sp³-hybridized carbons (Fsp3) is 0. The van der Waals surface area contributed by atoms with Gasteiger partial charge < -0.3 is 0 Å². The molecule has 0 atom stereocenters. The molecule has 2 aromatic rings. The van der Waals surface area contributed by atoms with Crippen molar-refractivity contribution in [3.8, 4) is 0 Å². The van der Waals surface area contributed by atoms with Crippen LogP contribution in [0.4, 0.5) is 0 Å². The van der Waals surface area contributed by atoms with Crippen LogP contribution in [0.15, 0.2) is 24.3 Å². The maximum absolute atomic E-state index is 4.39. The second kappa shape index (κ2) is 2.35. The Kier molecular flexibility index (Phi) is 1.52. The number of rotatable bonds is 0. The van der Waals surface area contributed by atoms with Gasteiger partial charge in [0.15, 0.2) is 0 Å². The molecule has 9 heavy (non-hydrogen) atoms. The predicted molar refractivity (Wildman–Crippen MR) is 40.0 cm³/mol. The molecule has 0 saturated heterocycles. The summed E-state index contributed by atoms with van der Waals surface area (Å²) in [5.41, 5.74) is 1.25. The number of hydrogen-bond acceptors (Lipinski definition) is 1. The first-order valence-corrected chi connectivity index (χ1v) is 8.56. The van der Waals surface area contributed by atoms with E-state index in [1.165, 1.54) is 9.78 Å². The number of fused-ring (bicyclic) bond motifs is 1. The van der Waals surface area contributed by atoms with Crippen LogP contribution in [0.3, 0.4) is 0 Å². The van der Waals surface area contributed by atoms with Crippen molar-refractivity contribution in [1.82, 2.24) is 3.98 Å². The van der Waals surface area contributed by atoms with Crippen LogP contribution in [0, 0.1) is 0 Å². The fourth-order valence-corrected chi connectivity index (χ4v) is 6.14. The molecule has 0 fully saturated rings. The molecule has 2 rings (SSSR count). The average Bonchev–Trinajstić information content (AvgIpc) is 2.33. The zero-order chi connectivity index (χ0) is 6.10. The van der Waals surface area contributed by atoms with Gasteiger partial charge in [-0.05, 0) is 0 Å². The Balaban J connectivity index is 2.95. The van der Waals surface area contributed by atoms with Crippen molar-refractivity contribution in [3.05, 3.63) is 24.3 Å². The Labute approximate surface area is 63.6 Å². The molecule has 0 N–H and O–H groups in total. The van der Waals surface area contributed by atoms with E-state index in [-0.39, 0.29) is 0 Å². The summed E-state index contributed by atoms with van der Waals surface area (Å²) in [5.74, 6) is 0. The molecule has 1 heterocycles. The molecule has 44 valence electrons. The van der Waals surface area contributed by atoms with E-state index >= 15 is 0 Å². The Morgan fingerprint density at radius 2 is 2.22 bits per heavy atom. The van der Waals surface area contributed by atoms with Crippen molar-refractivity contribution in [2.45, 2.75) is 0 Å². The van der Waals surface area contributed by atoms with Crippen LogP contribution in [-0.4, -0.2) is 29.5 Å². The second-order valence-corrected chi connectivity index (χ2v) is 7.13. The molecule has 0 aliphatic carbocycles. The Bertz CT molecular complexity index is 285. The Morgan fingerprint density at radius 3 is 3.11 bits per heavy atom. The molecule has 0 saturated carbocycles. The molecule has 3 heteroatoms. The van der Waals surface area contributed by atoms with Crippen molar-refractivity contribution in [1.29, 1.82) is 0 Å². The van der Waals surface area contributed by atoms with E-state index in [9.17, 15) is 0 Å². The monoisotopic (exact) mass is 250 g/mol. The molecular weight excluding hydrogens is 244 g/mol.